The van der Waals surface area contributed by atoms with E-state index in [0.717, 1.165) is 52.2 Å². The minimum absolute atomic E-state index is 0.0594. The Kier molecular flexibility index (Phi) is 6.40. The SMILES string of the molecule is Cc1cc(COc2ccc(C3=NOC4(CCN(C)CC4CC(=O)NO)C3)cc2)c2ccccc2n1. The van der Waals surface area contributed by atoms with Crippen LogP contribution in [0.3, 0.4) is 0 Å². The van der Waals surface area contributed by atoms with Crippen molar-refractivity contribution in [3.8, 4) is 5.75 Å². The van der Waals surface area contributed by atoms with E-state index in [1.165, 1.54) is 0 Å². The van der Waals surface area contributed by atoms with Gasteiger partial charge >= 0.3 is 0 Å². The van der Waals surface area contributed by atoms with Crippen LogP contribution in [0.5, 0.6) is 5.75 Å². The van der Waals surface area contributed by atoms with Crippen LogP contribution >= 0.6 is 0 Å². The highest BCUT2D eigenvalue weighted by atomic mass is 16.7. The van der Waals surface area contributed by atoms with Crippen LogP contribution in [0.1, 0.15) is 36.1 Å². The van der Waals surface area contributed by atoms with Crippen LogP contribution < -0.4 is 10.2 Å². The Morgan fingerprint density at radius 2 is 2.06 bits per heavy atom. The first-order chi connectivity index (χ1) is 17.0. The van der Waals surface area contributed by atoms with Gasteiger partial charge in [-0.25, -0.2) is 5.48 Å². The number of hydroxylamine groups is 1. The molecule has 2 aliphatic rings. The van der Waals surface area contributed by atoms with Crippen molar-refractivity contribution >= 4 is 22.5 Å². The lowest BCUT2D eigenvalue weighted by molar-refractivity contribution is -0.139. The maximum absolute atomic E-state index is 11.9. The third kappa shape index (κ3) is 4.85. The molecule has 3 aromatic rings. The third-order valence-electron chi connectivity index (χ3n) is 7.07. The molecule has 1 fully saturated rings. The van der Waals surface area contributed by atoms with Crippen molar-refractivity contribution in [2.24, 2.45) is 11.1 Å². The van der Waals surface area contributed by atoms with E-state index in [2.05, 4.69) is 27.2 Å². The Labute approximate surface area is 204 Å². The van der Waals surface area contributed by atoms with Gasteiger partial charge in [-0.1, -0.05) is 23.4 Å². The van der Waals surface area contributed by atoms with Crippen molar-refractivity contribution in [2.45, 2.75) is 38.4 Å². The van der Waals surface area contributed by atoms with Gasteiger partial charge in [0.25, 0.3) is 0 Å². The van der Waals surface area contributed by atoms with E-state index in [0.29, 0.717) is 19.6 Å². The largest absolute Gasteiger partial charge is 0.489 e. The molecule has 0 bridgehead atoms. The second-order valence-electron chi connectivity index (χ2n) is 9.57. The molecule has 1 saturated heterocycles. The fourth-order valence-corrected chi connectivity index (χ4v) is 5.16. The summed E-state index contributed by atoms with van der Waals surface area (Å²) in [6, 6.07) is 18.0. The maximum Gasteiger partial charge on any atom is 0.243 e. The lowest BCUT2D eigenvalue weighted by atomic mass is 9.75. The van der Waals surface area contributed by atoms with Crippen LogP contribution in [0, 0.1) is 12.8 Å². The number of piperidine rings is 1. The molecule has 2 aromatic carbocycles. The first-order valence-corrected chi connectivity index (χ1v) is 11.9. The molecule has 0 radical (unpaired) electrons. The van der Waals surface area contributed by atoms with E-state index in [4.69, 9.17) is 14.8 Å². The second kappa shape index (κ2) is 9.64. The van der Waals surface area contributed by atoms with Crippen LogP contribution in [0.2, 0.25) is 0 Å². The van der Waals surface area contributed by atoms with Crippen molar-refractivity contribution in [3.05, 3.63) is 71.4 Å². The van der Waals surface area contributed by atoms with Crippen LogP contribution in [-0.2, 0) is 16.2 Å². The standard InChI is InChI=1S/C27H30N4O4/c1-18-13-20(23-5-3-4-6-24(23)28-18)17-34-22-9-7-19(8-10-22)25-15-27(35-30-25)11-12-31(2)16-21(27)14-26(32)29-33/h3-10,13,21,33H,11-12,14-17H2,1-2H3,(H,29,32). The molecule has 8 nitrogen and oxygen atoms in total. The van der Waals surface area contributed by atoms with Crippen LogP contribution in [0.25, 0.3) is 10.9 Å². The summed E-state index contributed by atoms with van der Waals surface area (Å²) in [6.45, 7) is 4.04. The molecule has 182 valence electrons. The molecule has 0 aliphatic carbocycles. The lowest BCUT2D eigenvalue weighted by Gasteiger charge is -2.42. The summed E-state index contributed by atoms with van der Waals surface area (Å²) in [7, 11) is 2.03. The molecule has 2 atom stereocenters. The minimum Gasteiger partial charge on any atom is -0.489 e. The van der Waals surface area contributed by atoms with Crippen LogP contribution in [0.15, 0.2) is 59.8 Å². The number of hydrogen-bond donors (Lipinski definition) is 2. The average molecular weight is 475 g/mol. The van der Waals surface area contributed by atoms with E-state index >= 15 is 0 Å². The molecule has 2 N–H and O–H groups in total. The molecule has 2 unspecified atom stereocenters. The molecule has 5 rings (SSSR count). The van der Waals surface area contributed by atoms with E-state index in [1.54, 1.807) is 5.48 Å². The number of carbonyl (C=O) groups is 1. The number of nitrogens with one attached hydrogen (secondary N) is 1. The highest BCUT2D eigenvalue weighted by molar-refractivity contribution is 6.01. The Hall–Kier alpha value is -3.49. The number of pyridine rings is 1. The number of para-hydroxylation sites is 1. The van der Waals surface area contributed by atoms with E-state index in [1.807, 2.05) is 56.4 Å². The summed E-state index contributed by atoms with van der Waals surface area (Å²) in [5.74, 6) is 0.314. The van der Waals surface area contributed by atoms with Gasteiger partial charge in [-0.3, -0.25) is 15.0 Å². The molecule has 8 heteroatoms. The summed E-state index contributed by atoms with van der Waals surface area (Å²) in [5, 5.41) is 14.5. The van der Waals surface area contributed by atoms with Gasteiger partial charge < -0.3 is 14.5 Å². The van der Waals surface area contributed by atoms with Crippen LogP contribution in [0.4, 0.5) is 0 Å². The topological polar surface area (TPSA) is 96.3 Å². The van der Waals surface area contributed by atoms with Gasteiger partial charge in [0.15, 0.2) is 0 Å². The monoisotopic (exact) mass is 474 g/mol. The number of amides is 1. The minimum atomic E-state index is -0.524. The number of carbonyl (C=O) groups excluding carboxylic acids is 1. The summed E-state index contributed by atoms with van der Waals surface area (Å²) >= 11 is 0. The number of oxime groups is 1. The van der Waals surface area contributed by atoms with Crippen molar-refractivity contribution in [3.63, 3.8) is 0 Å². The zero-order valence-corrected chi connectivity index (χ0v) is 20.0. The normalized spacial score (nSPS) is 22.1. The predicted molar refractivity (Wildman–Crippen MR) is 132 cm³/mol. The van der Waals surface area contributed by atoms with E-state index in [9.17, 15) is 4.79 Å². The van der Waals surface area contributed by atoms with Gasteiger partial charge in [0.1, 0.15) is 18.0 Å². The first kappa shape index (κ1) is 23.3. The van der Waals surface area contributed by atoms with Gasteiger partial charge in [0, 0.05) is 54.9 Å². The Bertz CT molecular complexity index is 1260. The maximum atomic E-state index is 11.9. The first-order valence-electron chi connectivity index (χ1n) is 11.9. The van der Waals surface area contributed by atoms with Gasteiger partial charge in [-0.2, -0.15) is 0 Å². The highest BCUT2D eigenvalue weighted by Gasteiger charge is 2.49. The molecule has 0 saturated carbocycles. The number of ether oxygens (including phenoxy) is 1. The molecule has 2 aliphatic heterocycles. The number of likely N-dealkylation sites (tertiary alicyclic amines) is 1. The second-order valence-corrected chi connectivity index (χ2v) is 9.57. The number of aryl methyl sites for hydroxylation is 1. The molecular weight excluding hydrogens is 444 g/mol. The van der Waals surface area contributed by atoms with Crippen LogP contribution in [-0.4, -0.2) is 52.4 Å². The Morgan fingerprint density at radius 1 is 1.26 bits per heavy atom. The predicted octanol–water partition coefficient (Wildman–Crippen LogP) is 3.83. The zero-order valence-electron chi connectivity index (χ0n) is 20.0. The smallest absolute Gasteiger partial charge is 0.243 e. The number of benzene rings is 2. The third-order valence-corrected chi connectivity index (χ3v) is 7.07. The van der Waals surface area contributed by atoms with Gasteiger partial charge in [0.2, 0.25) is 5.91 Å². The fourth-order valence-electron chi connectivity index (χ4n) is 5.16. The summed E-state index contributed by atoms with van der Waals surface area (Å²) in [4.78, 5) is 24.7. The molecule has 3 heterocycles. The van der Waals surface area contributed by atoms with Gasteiger partial charge in [-0.15, -0.1) is 0 Å². The number of aromatic nitrogens is 1. The van der Waals surface area contributed by atoms with Crippen molar-refractivity contribution < 1.29 is 19.6 Å². The van der Waals surface area contributed by atoms with E-state index < -0.39 is 11.5 Å². The number of nitrogens with zero attached hydrogens (tertiary/aromatic N) is 3. The van der Waals surface area contributed by atoms with Crippen molar-refractivity contribution in [2.75, 3.05) is 20.1 Å². The van der Waals surface area contributed by atoms with Crippen molar-refractivity contribution in [1.82, 2.24) is 15.4 Å². The highest BCUT2D eigenvalue weighted by Crippen LogP contribution is 2.41. The summed E-state index contributed by atoms with van der Waals surface area (Å²) in [6.07, 6.45) is 1.60. The number of fused-ring (bicyclic) bond motifs is 1. The molecule has 1 spiro atoms. The average Bonchev–Trinajstić information content (AvgIpc) is 3.30. The molecule has 1 aromatic heterocycles. The van der Waals surface area contributed by atoms with E-state index in [-0.39, 0.29) is 12.3 Å². The number of hydrogen-bond acceptors (Lipinski definition) is 7. The van der Waals surface area contributed by atoms with Gasteiger partial charge in [0.05, 0.1) is 11.2 Å². The Balaban J connectivity index is 1.26. The van der Waals surface area contributed by atoms with Crippen molar-refractivity contribution in [1.29, 1.82) is 0 Å². The molecule has 35 heavy (non-hydrogen) atoms. The quantitative estimate of drug-likeness (QED) is 0.416. The zero-order chi connectivity index (χ0) is 24.4. The molecule has 1 amide bonds. The molecular formula is C27H30N4O4. The Morgan fingerprint density at radius 3 is 2.86 bits per heavy atom. The summed E-state index contributed by atoms with van der Waals surface area (Å²) in [5.41, 5.74) is 6.11. The number of rotatable bonds is 6. The fraction of sp³-hybridized carbons (Fsp3) is 0.370. The van der Waals surface area contributed by atoms with Gasteiger partial charge in [-0.05, 0) is 55.9 Å². The lowest BCUT2D eigenvalue weighted by Crippen LogP contribution is -2.52. The summed E-state index contributed by atoms with van der Waals surface area (Å²) < 4.78 is 6.10.